The van der Waals surface area contributed by atoms with Gasteiger partial charge < -0.3 is 5.32 Å². The zero-order valence-electron chi connectivity index (χ0n) is 13.0. The van der Waals surface area contributed by atoms with Gasteiger partial charge in [0, 0.05) is 12.6 Å². The average Bonchev–Trinajstić information content (AvgIpc) is 2.50. The van der Waals surface area contributed by atoms with Gasteiger partial charge in [-0.25, -0.2) is 14.4 Å². The minimum Gasteiger partial charge on any atom is -0.357 e. The summed E-state index contributed by atoms with van der Waals surface area (Å²) in [6.07, 6.45) is 0. The monoisotopic (exact) mass is 353 g/mol. The maximum atomic E-state index is 13.0. The highest BCUT2D eigenvalue weighted by molar-refractivity contribution is 9.10. The Labute approximate surface area is 134 Å². The molecule has 21 heavy (non-hydrogen) atoms. The minimum absolute atomic E-state index is 0.258. The van der Waals surface area contributed by atoms with Gasteiger partial charge in [0.1, 0.15) is 5.82 Å². The predicted molar refractivity (Wildman–Crippen MR) is 90.1 cm³/mol. The van der Waals surface area contributed by atoms with E-state index in [1.54, 1.807) is 19.2 Å². The first kappa shape index (κ1) is 17.6. The highest BCUT2D eigenvalue weighted by atomic mass is 79.9. The number of anilines is 1. The molecule has 0 aliphatic carbocycles. The van der Waals surface area contributed by atoms with E-state index in [0.29, 0.717) is 5.95 Å². The average molecular weight is 354 g/mol. The van der Waals surface area contributed by atoms with Crippen LogP contribution in [0.5, 0.6) is 0 Å². The third-order valence-corrected chi connectivity index (χ3v) is 3.55. The first-order chi connectivity index (χ1) is 10.0. The Kier molecular flexibility index (Phi) is 6.75. The van der Waals surface area contributed by atoms with Crippen molar-refractivity contribution in [2.45, 2.75) is 33.6 Å². The number of halogens is 2. The molecule has 0 saturated heterocycles. The molecule has 1 aromatic carbocycles. The van der Waals surface area contributed by atoms with Gasteiger partial charge in [0.15, 0.2) is 0 Å². The van der Waals surface area contributed by atoms with Crippen LogP contribution in [0.2, 0.25) is 0 Å². The number of rotatable bonds is 3. The van der Waals surface area contributed by atoms with Gasteiger partial charge in [0.25, 0.3) is 0 Å². The van der Waals surface area contributed by atoms with E-state index in [1.807, 2.05) is 13.8 Å². The number of nitrogens with zero attached hydrogens (tertiary/aromatic N) is 2. The van der Waals surface area contributed by atoms with E-state index in [4.69, 9.17) is 0 Å². The molecular weight excluding hydrogens is 333 g/mol. The van der Waals surface area contributed by atoms with E-state index in [-0.39, 0.29) is 11.7 Å². The molecule has 0 aliphatic heterocycles. The van der Waals surface area contributed by atoms with Crippen molar-refractivity contribution in [3.63, 3.8) is 0 Å². The molecule has 0 atom stereocenters. The van der Waals surface area contributed by atoms with Gasteiger partial charge in [-0.2, -0.15) is 0 Å². The highest BCUT2D eigenvalue weighted by Crippen LogP contribution is 2.33. The van der Waals surface area contributed by atoms with Crippen LogP contribution in [0.4, 0.5) is 10.3 Å². The van der Waals surface area contributed by atoms with E-state index in [9.17, 15) is 4.39 Å². The minimum atomic E-state index is -0.258. The molecule has 0 bridgehead atoms. The van der Waals surface area contributed by atoms with Crippen LogP contribution in [0.25, 0.3) is 11.3 Å². The SMILES string of the molecule is CC.CNc1nc(-c2ccc(F)cc2)c(Br)c(C(C)C)n1. The summed E-state index contributed by atoms with van der Waals surface area (Å²) in [6.45, 7) is 8.14. The van der Waals surface area contributed by atoms with Crippen molar-refractivity contribution in [3.8, 4) is 11.3 Å². The van der Waals surface area contributed by atoms with E-state index in [2.05, 4.69) is 45.1 Å². The lowest BCUT2D eigenvalue weighted by Gasteiger charge is -2.13. The van der Waals surface area contributed by atoms with Crippen LogP contribution in [-0.4, -0.2) is 17.0 Å². The second-order valence-electron chi connectivity index (χ2n) is 4.51. The predicted octanol–water partition coefficient (Wildman–Crippen LogP) is 5.24. The summed E-state index contributed by atoms with van der Waals surface area (Å²) in [5.41, 5.74) is 2.55. The Morgan fingerprint density at radius 3 is 2.14 bits per heavy atom. The molecular formula is C16H21BrFN3. The summed E-state index contributed by atoms with van der Waals surface area (Å²) in [6, 6.07) is 6.29. The zero-order valence-corrected chi connectivity index (χ0v) is 14.6. The molecule has 1 N–H and O–H groups in total. The van der Waals surface area contributed by atoms with E-state index in [0.717, 1.165) is 21.4 Å². The Balaban J connectivity index is 0.00000106. The van der Waals surface area contributed by atoms with Crippen molar-refractivity contribution < 1.29 is 4.39 Å². The van der Waals surface area contributed by atoms with Crippen molar-refractivity contribution >= 4 is 21.9 Å². The van der Waals surface area contributed by atoms with Crippen LogP contribution < -0.4 is 5.32 Å². The Bertz CT molecular complexity index is 583. The van der Waals surface area contributed by atoms with Crippen molar-refractivity contribution in [2.24, 2.45) is 0 Å². The van der Waals surface area contributed by atoms with Crippen molar-refractivity contribution in [1.29, 1.82) is 0 Å². The molecule has 0 aliphatic rings. The Morgan fingerprint density at radius 2 is 1.67 bits per heavy atom. The third kappa shape index (κ3) is 4.24. The van der Waals surface area contributed by atoms with Gasteiger partial charge in [0.05, 0.1) is 15.9 Å². The largest absolute Gasteiger partial charge is 0.357 e. The molecule has 2 rings (SSSR count). The molecule has 0 radical (unpaired) electrons. The molecule has 2 aromatic rings. The molecule has 0 amide bonds. The second kappa shape index (κ2) is 8.08. The first-order valence-electron chi connectivity index (χ1n) is 7.04. The van der Waals surface area contributed by atoms with Gasteiger partial charge in [0.2, 0.25) is 5.95 Å². The van der Waals surface area contributed by atoms with Crippen molar-refractivity contribution in [1.82, 2.24) is 9.97 Å². The fourth-order valence-corrected chi connectivity index (χ4v) is 2.62. The second-order valence-corrected chi connectivity index (χ2v) is 5.30. The molecule has 1 aromatic heterocycles. The van der Waals surface area contributed by atoms with Gasteiger partial charge in [-0.15, -0.1) is 0 Å². The van der Waals surface area contributed by atoms with Crippen LogP contribution in [0.15, 0.2) is 28.7 Å². The normalized spacial score (nSPS) is 10.1. The lowest BCUT2D eigenvalue weighted by Crippen LogP contribution is -2.04. The maximum Gasteiger partial charge on any atom is 0.223 e. The molecule has 0 saturated carbocycles. The van der Waals surface area contributed by atoms with E-state index in [1.165, 1.54) is 12.1 Å². The Morgan fingerprint density at radius 1 is 1.10 bits per heavy atom. The van der Waals surface area contributed by atoms with Gasteiger partial charge in [-0.1, -0.05) is 27.7 Å². The summed E-state index contributed by atoms with van der Waals surface area (Å²) in [5.74, 6) is 0.571. The lowest BCUT2D eigenvalue weighted by molar-refractivity contribution is 0.628. The standard InChI is InChI=1S/C14H15BrFN3.C2H6/c1-8(2)12-11(15)13(19-14(17-3)18-12)9-4-6-10(16)7-5-9;1-2/h4-8H,1-3H3,(H,17,18,19);1-2H3. The van der Waals surface area contributed by atoms with Crippen LogP contribution in [0.3, 0.4) is 0 Å². The number of aromatic nitrogens is 2. The van der Waals surface area contributed by atoms with Gasteiger partial charge >= 0.3 is 0 Å². The molecule has 3 nitrogen and oxygen atoms in total. The smallest absolute Gasteiger partial charge is 0.223 e. The molecule has 0 spiro atoms. The summed E-state index contributed by atoms with van der Waals surface area (Å²) < 4.78 is 13.9. The topological polar surface area (TPSA) is 37.8 Å². The number of benzene rings is 1. The molecule has 0 fully saturated rings. The third-order valence-electron chi connectivity index (χ3n) is 2.76. The van der Waals surface area contributed by atoms with Gasteiger partial charge in [-0.05, 0) is 46.1 Å². The van der Waals surface area contributed by atoms with Crippen LogP contribution >= 0.6 is 15.9 Å². The lowest BCUT2D eigenvalue weighted by atomic mass is 10.1. The first-order valence-corrected chi connectivity index (χ1v) is 7.83. The maximum absolute atomic E-state index is 13.0. The Hall–Kier alpha value is -1.49. The van der Waals surface area contributed by atoms with Crippen molar-refractivity contribution in [2.75, 3.05) is 12.4 Å². The zero-order chi connectivity index (χ0) is 16.0. The van der Waals surface area contributed by atoms with Crippen LogP contribution in [-0.2, 0) is 0 Å². The van der Waals surface area contributed by atoms with Crippen molar-refractivity contribution in [3.05, 3.63) is 40.2 Å². The van der Waals surface area contributed by atoms with Crippen LogP contribution in [0, 0.1) is 5.82 Å². The molecule has 114 valence electrons. The van der Waals surface area contributed by atoms with Crippen LogP contribution in [0.1, 0.15) is 39.3 Å². The summed E-state index contributed by atoms with van der Waals surface area (Å²) in [4.78, 5) is 8.89. The fourth-order valence-electron chi connectivity index (χ4n) is 1.76. The van der Waals surface area contributed by atoms with Gasteiger partial charge in [-0.3, -0.25) is 0 Å². The number of hydrogen-bond donors (Lipinski definition) is 1. The summed E-state index contributed by atoms with van der Waals surface area (Å²) in [5, 5.41) is 2.95. The molecule has 1 heterocycles. The quantitative estimate of drug-likeness (QED) is 0.819. The summed E-state index contributed by atoms with van der Waals surface area (Å²) >= 11 is 3.55. The molecule has 5 heteroatoms. The van der Waals surface area contributed by atoms with E-state index < -0.39 is 0 Å². The van der Waals surface area contributed by atoms with E-state index >= 15 is 0 Å². The number of nitrogens with one attached hydrogen (secondary N) is 1. The fraction of sp³-hybridized carbons (Fsp3) is 0.375. The highest BCUT2D eigenvalue weighted by Gasteiger charge is 2.15. The summed E-state index contributed by atoms with van der Waals surface area (Å²) in [7, 11) is 1.78. The molecule has 0 unspecified atom stereocenters. The number of hydrogen-bond acceptors (Lipinski definition) is 3.